The molecule has 5 nitrogen and oxygen atoms in total. The van der Waals surface area contributed by atoms with E-state index in [2.05, 4.69) is 4.98 Å². The number of hydrogen-bond acceptors (Lipinski definition) is 4. The zero-order valence-corrected chi connectivity index (χ0v) is 17.2. The monoisotopic (exact) mass is 418 g/mol. The molecule has 0 radical (unpaired) electrons. The van der Waals surface area contributed by atoms with Crippen LogP contribution in [0, 0.1) is 13.8 Å². The summed E-state index contributed by atoms with van der Waals surface area (Å²) in [5, 5.41) is 11.6. The number of aliphatic hydroxyl groups excluding tert-OH is 1. The maximum atomic E-state index is 13.1. The Morgan fingerprint density at radius 2 is 1.77 bits per heavy atom. The van der Waals surface area contributed by atoms with E-state index in [0.717, 1.165) is 11.1 Å². The van der Waals surface area contributed by atoms with Crippen molar-refractivity contribution in [2.75, 3.05) is 4.90 Å². The van der Waals surface area contributed by atoms with Gasteiger partial charge in [0.05, 0.1) is 11.3 Å². The average molecular weight is 419 g/mol. The van der Waals surface area contributed by atoms with E-state index in [1.807, 2.05) is 26.0 Å². The molecule has 1 unspecified atom stereocenters. The number of Topliss-reactive ketones (excluding diaryl/α,β-unsaturated/α-hetero) is 1. The molecule has 150 valence electrons. The van der Waals surface area contributed by atoms with E-state index in [1.54, 1.807) is 54.7 Å². The molecule has 3 aromatic rings. The first-order valence-corrected chi connectivity index (χ1v) is 9.81. The maximum Gasteiger partial charge on any atom is 0.300 e. The summed E-state index contributed by atoms with van der Waals surface area (Å²) in [4.78, 5) is 31.9. The fourth-order valence-corrected chi connectivity index (χ4v) is 3.88. The van der Waals surface area contributed by atoms with Crippen molar-refractivity contribution in [3.8, 4) is 0 Å². The highest BCUT2D eigenvalue weighted by Crippen LogP contribution is 2.42. The second-order valence-corrected chi connectivity index (χ2v) is 7.66. The summed E-state index contributed by atoms with van der Waals surface area (Å²) in [6, 6.07) is 16.6. The van der Waals surface area contributed by atoms with Gasteiger partial charge in [0.15, 0.2) is 0 Å². The first-order valence-electron chi connectivity index (χ1n) is 9.43. The van der Waals surface area contributed by atoms with Crippen molar-refractivity contribution in [2.45, 2.75) is 19.9 Å². The number of rotatable bonds is 3. The largest absolute Gasteiger partial charge is 0.507 e. The molecule has 1 aromatic heterocycles. The van der Waals surface area contributed by atoms with E-state index in [4.69, 9.17) is 11.6 Å². The molecule has 1 aliphatic heterocycles. The Labute approximate surface area is 179 Å². The second kappa shape index (κ2) is 7.76. The third-order valence-corrected chi connectivity index (χ3v) is 5.39. The molecule has 0 bridgehead atoms. The number of pyridine rings is 1. The maximum absolute atomic E-state index is 13.1. The van der Waals surface area contributed by atoms with Crippen molar-refractivity contribution in [3.05, 3.63) is 99.8 Å². The normalized spacial score (nSPS) is 18.1. The molecule has 1 aliphatic rings. The van der Waals surface area contributed by atoms with Crippen LogP contribution >= 0.6 is 11.6 Å². The van der Waals surface area contributed by atoms with Crippen LogP contribution in [0.2, 0.25) is 5.02 Å². The molecule has 1 saturated heterocycles. The van der Waals surface area contributed by atoms with Crippen molar-refractivity contribution in [2.24, 2.45) is 0 Å². The zero-order valence-electron chi connectivity index (χ0n) is 16.5. The molecule has 1 atom stereocenters. The Morgan fingerprint density at radius 3 is 2.40 bits per heavy atom. The Bertz CT molecular complexity index is 1170. The Balaban J connectivity index is 1.96. The minimum absolute atomic E-state index is 0.0110. The van der Waals surface area contributed by atoms with Crippen LogP contribution < -0.4 is 4.90 Å². The highest BCUT2D eigenvalue weighted by molar-refractivity contribution is 6.51. The van der Waals surface area contributed by atoms with Gasteiger partial charge in [0.2, 0.25) is 0 Å². The van der Waals surface area contributed by atoms with Crippen LogP contribution in [-0.2, 0) is 9.59 Å². The van der Waals surface area contributed by atoms with Gasteiger partial charge >= 0.3 is 0 Å². The summed E-state index contributed by atoms with van der Waals surface area (Å²) in [6.45, 7) is 3.75. The molecule has 30 heavy (non-hydrogen) atoms. The van der Waals surface area contributed by atoms with Gasteiger partial charge in [-0.1, -0.05) is 47.5 Å². The van der Waals surface area contributed by atoms with Crippen LogP contribution in [0.25, 0.3) is 5.76 Å². The Morgan fingerprint density at radius 1 is 1.03 bits per heavy atom. The fourth-order valence-electron chi connectivity index (χ4n) is 3.65. The number of carbonyl (C=O) groups excluding carboxylic acids is 2. The number of nitrogens with zero attached hydrogens (tertiary/aromatic N) is 2. The minimum atomic E-state index is -0.854. The van der Waals surface area contributed by atoms with E-state index >= 15 is 0 Å². The third-order valence-electron chi connectivity index (χ3n) is 5.16. The van der Waals surface area contributed by atoms with Crippen LogP contribution in [0.3, 0.4) is 0 Å². The van der Waals surface area contributed by atoms with E-state index in [9.17, 15) is 14.7 Å². The van der Waals surface area contributed by atoms with Gasteiger partial charge in [-0.3, -0.25) is 19.5 Å². The van der Waals surface area contributed by atoms with Gasteiger partial charge in [0.1, 0.15) is 11.8 Å². The molecule has 0 aliphatic carbocycles. The summed E-state index contributed by atoms with van der Waals surface area (Å²) in [6.07, 6.45) is 1.59. The quantitative estimate of drug-likeness (QED) is 0.370. The number of benzene rings is 2. The van der Waals surface area contributed by atoms with Gasteiger partial charge in [0.25, 0.3) is 11.7 Å². The van der Waals surface area contributed by atoms with Gasteiger partial charge in [-0.2, -0.15) is 0 Å². The average Bonchev–Trinajstić information content (AvgIpc) is 3.00. The number of carbonyl (C=O) groups is 2. The number of aliphatic hydroxyl groups is 1. The van der Waals surface area contributed by atoms with Crippen LogP contribution in [0.15, 0.2) is 72.4 Å². The number of hydrogen-bond donors (Lipinski definition) is 1. The standard InChI is InChI=1S/C24H19ClN2O3/c1-14-6-8-16(9-7-14)22(28)20-21(18-5-3-4-12-26-18)27(24(30)23(20)29)19-11-10-17(25)13-15(19)2/h3-13,21,28H,1-2H3/b22-20+. The third kappa shape index (κ3) is 3.37. The van der Waals surface area contributed by atoms with Gasteiger partial charge in [0, 0.05) is 22.5 Å². The first kappa shape index (κ1) is 19.9. The lowest BCUT2D eigenvalue weighted by atomic mass is 9.97. The molecule has 2 heterocycles. The molecule has 1 amide bonds. The molecule has 1 N–H and O–H groups in total. The lowest BCUT2D eigenvalue weighted by Gasteiger charge is -2.26. The van der Waals surface area contributed by atoms with Crippen molar-refractivity contribution < 1.29 is 14.7 Å². The summed E-state index contributed by atoms with van der Waals surface area (Å²) in [7, 11) is 0. The van der Waals surface area contributed by atoms with E-state index in [-0.39, 0.29) is 11.3 Å². The molecule has 0 saturated carbocycles. The van der Waals surface area contributed by atoms with Crippen molar-refractivity contribution in [1.82, 2.24) is 4.98 Å². The molecule has 0 spiro atoms. The van der Waals surface area contributed by atoms with Gasteiger partial charge in [-0.15, -0.1) is 0 Å². The summed E-state index contributed by atoms with van der Waals surface area (Å²) < 4.78 is 0. The minimum Gasteiger partial charge on any atom is -0.507 e. The number of aromatic nitrogens is 1. The molecule has 4 rings (SSSR count). The summed E-state index contributed by atoms with van der Waals surface area (Å²) in [5.41, 5.74) is 3.26. The summed E-state index contributed by atoms with van der Waals surface area (Å²) in [5.74, 6) is -1.69. The van der Waals surface area contributed by atoms with Gasteiger partial charge in [-0.05, 0) is 49.7 Å². The number of ketones is 1. The van der Waals surface area contributed by atoms with Gasteiger partial charge in [-0.25, -0.2) is 0 Å². The van der Waals surface area contributed by atoms with Crippen molar-refractivity contribution in [3.63, 3.8) is 0 Å². The lowest BCUT2D eigenvalue weighted by Crippen LogP contribution is -2.30. The SMILES string of the molecule is Cc1ccc(/C(O)=C2\C(=O)C(=O)N(c3ccc(Cl)cc3C)C2c2ccccn2)cc1. The number of halogens is 1. The molecule has 6 heteroatoms. The molecule has 2 aromatic carbocycles. The lowest BCUT2D eigenvalue weighted by molar-refractivity contribution is -0.132. The van der Waals surface area contributed by atoms with Crippen LogP contribution in [0.4, 0.5) is 5.69 Å². The van der Waals surface area contributed by atoms with E-state index in [0.29, 0.717) is 22.0 Å². The number of aryl methyl sites for hydroxylation is 2. The highest BCUT2D eigenvalue weighted by atomic mass is 35.5. The fraction of sp³-hybridized carbons (Fsp3) is 0.125. The topological polar surface area (TPSA) is 70.5 Å². The molecular formula is C24H19ClN2O3. The molecular weight excluding hydrogens is 400 g/mol. The zero-order chi connectivity index (χ0) is 21.4. The predicted molar refractivity (Wildman–Crippen MR) is 116 cm³/mol. The Kier molecular flexibility index (Phi) is 5.14. The summed E-state index contributed by atoms with van der Waals surface area (Å²) >= 11 is 6.08. The van der Waals surface area contributed by atoms with E-state index < -0.39 is 17.7 Å². The first-order chi connectivity index (χ1) is 14.4. The van der Waals surface area contributed by atoms with Crippen molar-refractivity contribution in [1.29, 1.82) is 0 Å². The van der Waals surface area contributed by atoms with Gasteiger partial charge < -0.3 is 5.11 Å². The highest BCUT2D eigenvalue weighted by Gasteiger charge is 2.47. The van der Waals surface area contributed by atoms with Crippen LogP contribution in [-0.4, -0.2) is 21.8 Å². The second-order valence-electron chi connectivity index (χ2n) is 7.22. The number of anilines is 1. The number of amides is 1. The van der Waals surface area contributed by atoms with Crippen molar-refractivity contribution >= 4 is 34.7 Å². The van der Waals surface area contributed by atoms with Crippen LogP contribution in [0.5, 0.6) is 0 Å². The smallest absolute Gasteiger partial charge is 0.300 e. The predicted octanol–water partition coefficient (Wildman–Crippen LogP) is 4.98. The molecule has 1 fully saturated rings. The van der Waals surface area contributed by atoms with Crippen LogP contribution in [0.1, 0.15) is 28.4 Å². The van der Waals surface area contributed by atoms with E-state index in [1.165, 1.54) is 4.90 Å². The Hall–Kier alpha value is -3.44.